The van der Waals surface area contributed by atoms with Crippen molar-refractivity contribution in [2.45, 2.75) is 36.9 Å². The minimum atomic E-state index is -1.61. The third-order valence-corrected chi connectivity index (χ3v) is 4.39. The number of nitrogens with two attached hydrogens (primary N) is 2. The van der Waals surface area contributed by atoms with E-state index in [-0.39, 0.29) is 10.6 Å². The van der Waals surface area contributed by atoms with Gasteiger partial charge in [0, 0.05) is 0 Å². The number of aliphatic hydroxyl groups is 1. The van der Waals surface area contributed by atoms with Crippen molar-refractivity contribution < 1.29 is 9.84 Å². The molecule has 0 aliphatic carbocycles. The van der Waals surface area contributed by atoms with Gasteiger partial charge in [-0.3, -0.25) is 4.57 Å². The van der Waals surface area contributed by atoms with Crippen LogP contribution in [0.25, 0.3) is 11.2 Å². The number of rotatable bonds is 3. The molecule has 2 aromatic rings. The second kappa shape index (κ2) is 5.60. The average molecular weight is 349 g/mol. The van der Waals surface area contributed by atoms with Crippen LogP contribution in [0.2, 0.25) is 0 Å². The molecule has 0 spiro atoms. The maximum atomic E-state index is 10.8. The van der Waals surface area contributed by atoms with E-state index >= 15 is 0 Å². The fourth-order valence-electron chi connectivity index (χ4n) is 2.77. The summed E-state index contributed by atoms with van der Waals surface area (Å²) in [7, 11) is 0. The predicted octanol–water partition coefficient (Wildman–Crippen LogP) is -0.185. The number of nitroso groups, excluding NO2 is 1. The number of hydrogen-bond donors (Lipinski definition) is 4. The van der Waals surface area contributed by atoms with Crippen LogP contribution in [0.5, 0.6) is 0 Å². The Bertz CT molecular complexity index is 903. The molecule has 24 heavy (non-hydrogen) atoms. The molecule has 1 saturated heterocycles. The van der Waals surface area contributed by atoms with E-state index in [1.165, 1.54) is 17.8 Å². The second-order valence-electron chi connectivity index (χ2n) is 5.60. The van der Waals surface area contributed by atoms with E-state index in [4.69, 9.17) is 34.8 Å². The fourth-order valence-corrected chi connectivity index (χ4v) is 3.02. The van der Waals surface area contributed by atoms with Crippen molar-refractivity contribution in [2.75, 3.05) is 5.73 Å². The minimum absolute atomic E-state index is 0.0793. The van der Waals surface area contributed by atoms with Crippen LogP contribution in [0, 0.1) is 21.9 Å². The molecule has 1 aliphatic rings. The Morgan fingerprint density at radius 2 is 2.42 bits per heavy atom. The maximum Gasteiger partial charge on any atom is 0.200 e. The molecule has 0 amide bonds. The van der Waals surface area contributed by atoms with Gasteiger partial charge in [0.05, 0.1) is 6.33 Å². The van der Waals surface area contributed by atoms with Gasteiger partial charge in [-0.15, -0.1) is 6.42 Å². The number of aromatic nitrogens is 4. The number of nitrogens with one attached hydrogen (secondary N) is 1. The molecule has 11 heteroatoms. The lowest BCUT2D eigenvalue weighted by molar-refractivity contribution is -0.0289. The van der Waals surface area contributed by atoms with Gasteiger partial charge in [0.2, 0.25) is 0 Å². The molecule has 3 heterocycles. The summed E-state index contributed by atoms with van der Waals surface area (Å²) >= 11 is 5.12. The van der Waals surface area contributed by atoms with E-state index < -0.39 is 30.0 Å². The smallest absolute Gasteiger partial charge is 0.200 e. The molecule has 5 atom stereocenters. The highest BCUT2D eigenvalue weighted by Gasteiger charge is 2.56. The number of H-pyrrole nitrogens is 1. The van der Waals surface area contributed by atoms with Crippen LogP contribution in [0.4, 0.5) is 5.95 Å². The van der Waals surface area contributed by atoms with Crippen molar-refractivity contribution in [3.63, 3.8) is 0 Å². The quantitative estimate of drug-likeness (QED) is 0.337. The number of aliphatic hydroxyl groups excluding tert-OH is 1. The van der Waals surface area contributed by atoms with Crippen LogP contribution in [-0.2, 0) is 4.74 Å². The molecule has 126 valence electrons. The average Bonchev–Trinajstić information content (AvgIpc) is 3.07. The first kappa shape index (κ1) is 16.5. The summed E-state index contributed by atoms with van der Waals surface area (Å²) in [5.74, 6) is 2.43. The summed E-state index contributed by atoms with van der Waals surface area (Å²) in [6.07, 6.45) is 3.66. The van der Waals surface area contributed by atoms with Gasteiger partial charge in [-0.25, -0.2) is 9.97 Å². The van der Waals surface area contributed by atoms with Crippen molar-refractivity contribution >= 4 is 29.3 Å². The zero-order chi connectivity index (χ0) is 17.6. The zero-order valence-electron chi connectivity index (χ0n) is 12.6. The molecule has 0 aromatic carbocycles. The fraction of sp³-hybridized carbons (Fsp3) is 0.462. The summed E-state index contributed by atoms with van der Waals surface area (Å²) in [6.45, 7) is 1.50. The Morgan fingerprint density at radius 1 is 1.71 bits per heavy atom. The lowest BCUT2D eigenvalue weighted by Gasteiger charge is -2.27. The van der Waals surface area contributed by atoms with Gasteiger partial charge >= 0.3 is 0 Å². The van der Waals surface area contributed by atoms with Crippen molar-refractivity contribution in [3.8, 4) is 12.3 Å². The highest BCUT2D eigenvalue weighted by atomic mass is 32.1. The first-order chi connectivity index (χ1) is 11.3. The number of anilines is 1. The van der Waals surface area contributed by atoms with Crippen molar-refractivity contribution in [1.82, 2.24) is 19.5 Å². The third-order valence-electron chi connectivity index (χ3n) is 4.10. The van der Waals surface area contributed by atoms with Gasteiger partial charge in [0.1, 0.15) is 29.4 Å². The molecule has 3 rings (SSSR count). The normalized spacial score (nSPS) is 31.0. The van der Waals surface area contributed by atoms with E-state index in [0.717, 1.165) is 0 Å². The monoisotopic (exact) mass is 349 g/mol. The highest BCUT2D eigenvalue weighted by Crippen LogP contribution is 2.39. The maximum absolute atomic E-state index is 10.8. The van der Waals surface area contributed by atoms with Gasteiger partial charge in [-0.1, -0.05) is 23.3 Å². The largest absolute Gasteiger partial charge is 0.387 e. The highest BCUT2D eigenvalue weighted by molar-refractivity contribution is 7.71. The molecular formula is C13H15N7O3S. The van der Waals surface area contributed by atoms with E-state index in [2.05, 4.69) is 26.0 Å². The molecule has 1 unspecified atom stereocenters. The number of nitrogen functional groups attached to an aromatic ring is 1. The topological polar surface area (TPSA) is 157 Å². The number of terminal acetylenes is 1. The van der Waals surface area contributed by atoms with Crippen LogP contribution in [0.1, 0.15) is 13.2 Å². The predicted molar refractivity (Wildman–Crippen MR) is 88.1 cm³/mol. The Kier molecular flexibility index (Phi) is 3.84. The Morgan fingerprint density at radius 3 is 3.04 bits per heavy atom. The Labute approximate surface area is 141 Å². The van der Waals surface area contributed by atoms with E-state index in [1.54, 1.807) is 0 Å². The van der Waals surface area contributed by atoms with Gasteiger partial charge < -0.3 is 26.3 Å². The number of imidazole rings is 1. The SMILES string of the molecule is C#C[C@@]1(N)C(O)[C@@H]([C@@H](C)N=O)O[C@H]1n1cnc2c(=S)nc(N)[nH]c21. The summed E-state index contributed by atoms with van der Waals surface area (Å²) in [4.78, 5) is 21.7. The van der Waals surface area contributed by atoms with Crippen molar-refractivity contribution in [3.05, 3.63) is 15.9 Å². The lowest BCUT2D eigenvalue weighted by Crippen LogP contribution is -2.54. The third kappa shape index (κ3) is 2.20. The number of ether oxygens (including phenoxy) is 1. The number of aromatic amines is 1. The standard InChI is InChI=1S/C13H15N7O3S/c1-3-13(15)8(21)7(5(2)19-22)23-11(13)20-4-16-6-9(20)17-12(14)18-10(6)24/h1,4-5,7-8,11,21H,15H2,2H3,(H3,14,17,18,24)/t5-,7-,8?,11-,13-/m1/s1. The molecule has 0 radical (unpaired) electrons. The number of hydrogen-bond acceptors (Lipinski definition) is 9. The molecular weight excluding hydrogens is 334 g/mol. The van der Waals surface area contributed by atoms with Gasteiger partial charge in [-0.05, 0) is 6.92 Å². The Hall–Kier alpha value is -2.39. The molecule has 1 fully saturated rings. The van der Waals surface area contributed by atoms with Crippen molar-refractivity contribution in [2.24, 2.45) is 10.9 Å². The zero-order valence-corrected chi connectivity index (χ0v) is 13.4. The van der Waals surface area contributed by atoms with Crippen LogP contribution in [0.3, 0.4) is 0 Å². The molecule has 2 aromatic heterocycles. The summed E-state index contributed by atoms with van der Waals surface area (Å²) in [6, 6.07) is -0.846. The molecule has 0 saturated carbocycles. The van der Waals surface area contributed by atoms with Gasteiger partial charge in [-0.2, -0.15) is 4.91 Å². The van der Waals surface area contributed by atoms with Crippen LogP contribution in [-0.4, -0.2) is 48.4 Å². The summed E-state index contributed by atoms with van der Waals surface area (Å²) < 4.78 is 7.43. The van der Waals surface area contributed by atoms with Gasteiger partial charge in [0.25, 0.3) is 0 Å². The van der Waals surface area contributed by atoms with Crippen LogP contribution >= 0.6 is 12.2 Å². The van der Waals surface area contributed by atoms with Crippen LogP contribution < -0.4 is 11.5 Å². The van der Waals surface area contributed by atoms with Crippen molar-refractivity contribution in [1.29, 1.82) is 0 Å². The Balaban J connectivity index is 2.16. The molecule has 10 nitrogen and oxygen atoms in total. The summed E-state index contributed by atoms with van der Waals surface area (Å²) in [5.41, 5.74) is 11.0. The summed E-state index contributed by atoms with van der Waals surface area (Å²) in [5, 5.41) is 13.4. The number of fused-ring (bicyclic) bond motifs is 1. The lowest BCUT2D eigenvalue weighted by atomic mass is 9.90. The molecule has 6 N–H and O–H groups in total. The minimum Gasteiger partial charge on any atom is -0.387 e. The van der Waals surface area contributed by atoms with Crippen LogP contribution in [0.15, 0.2) is 11.5 Å². The molecule has 1 aliphatic heterocycles. The second-order valence-corrected chi connectivity index (χ2v) is 5.98. The van der Waals surface area contributed by atoms with E-state index in [0.29, 0.717) is 11.2 Å². The van der Waals surface area contributed by atoms with Gasteiger partial charge in [0.15, 0.2) is 22.4 Å². The number of nitrogens with zero attached hydrogens (tertiary/aromatic N) is 4. The first-order valence-electron chi connectivity index (χ1n) is 6.98. The molecule has 0 bridgehead atoms. The van der Waals surface area contributed by atoms with E-state index in [9.17, 15) is 10.0 Å². The van der Waals surface area contributed by atoms with E-state index in [1.807, 2.05) is 0 Å². The first-order valence-corrected chi connectivity index (χ1v) is 7.39.